The number of nitrogens with zero attached hydrogens (tertiary/aromatic N) is 1. The van der Waals surface area contributed by atoms with Crippen molar-refractivity contribution in [2.45, 2.75) is 12.2 Å². The maximum Gasteiger partial charge on any atom is 0.268 e. The lowest BCUT2D eigenvalue weighted by molar-refractivity contribution is 0.359. The van der Waals surface area contributed by atoms with Gasteiger partial charge < -0.3 is 4.90 Å². The summed E-state index contributed by atoms with van der Waals surface area (Å²) in [5.74, 6) is 0. The van der Waals surface area contributed by atoms with Crippen LogP contribution in [0.1, 0.15) is 6.92 Å². The second-order valence-electron chi connectivity index (χ2n) is 2.84. The summed E-state index contributed by atoms with van der Waals surface area (Å²) in [5.41, 5.74) is 0. The van der Waals surface area contributed by atoms with E-state index in [4.69, 9.17) is 4.55 Å². The molecule has 1 atom stereocenters. The van der Waals surface area contributed by atoms with E-state index in [-0.39, 0.29) is 0 Å². The minimum atomic E-state index is -3.89. The third-order valence-electron chi connectivity index (χ3n) is 1.52. The average Bonchev–Trinajstić information content (AvgIpc) is 1.85. The van der Waals surface area contributed by atoms with Crippen LogP contribution in [-0.4, -0.2) is 43.3 Å². The molecule has 0 saturated carbocycles. The fourth-order valence-electron chi connectivity index (χ4n) is 0.828. The van der Waals surface area contributed by atoms with Crippen molar-refractivity contribution < 1.29 is 13.0 Å². The maximum absolute atomic E-state index is 10.6. The van der Waals surface area contributed by atoms with Crippen LogP contribution in [0.4, 0.5) is 0 Å². The molecule has 0 heterocycles. The first kappa shape index (κ1) is 11.6. The third-order valence-corrected chi connectivity index (χ3v) is 2.68. The van der Waals surface area contributed by atoms with Crippen LogP contribution in [0.25, 0.3) is 0 Å². The monoisotopic (exact) mass is 193 g/mol. The van der Waals surface area contributed by atoms with Gasteiger partial charge in [-0.2, -0.15) is 8.42 Å². The van der Waals surface area contributed by atoms with Crippen LogP contribution in [0.5, 0.6) is 0 Å². The molecule has 0 bridgehead atoms. The maximum atomic E-state index is 10.6. The van der Waals surface area contributed by atoms with Gasteiger partial charge in [0, 0.05) is 13.1 Å². The van der Waals surface area contributed by atoms with Gasteiger partial charge in [0.25, 0.3) is 10.1 Å². The number of hydrogen-bond donors (Lipinski definition) is 1. The molecule has 5 heteroatoms. The number of rotatable bonds is 5. The Hall–Kier alpha value is -0.390. The Kier molecular flexibility index (Phi) is 4.44. The van der Waals surface area contributed by atoms with Gasteiger partial charge in [-0.1, -0.05) is 6.08 Å². The van der Waals surface area contributed by atoms with Crippen LogP contribution < -0.4 is 0 Å². The zero-order chi connectivity index (χ0) is 9.78. The Balaban J connectivity index is 4.01. The summed E-state index contributed by atoms with van der Waals surface area (Å²) in [7, 11) is -2.12. The highest BCUT2D eigenvalue weighted by atomic mass is 32.2. The zero-order valence-electron chi connectivity index (χ0n) is 7.40. The molecule has 0 aliphatic carbocycles. The van der Waals surface area contributed by atoms with Gasteiger partial charge in [-0.05, 0) is 14.0 Å². The van der Waals surface area contributed by atoms with Gasteiger partial charge in [0.1, 0.15) is 0 Å². The quantitative estimate of drug-likeness (QED) is 0.506. The Morgan fingerprint density at radius 1 is 1.67 bits per heavy atom. The molecule has 0 aliphatic rings. The van der Waals surface area contributed by atoms with E-state index in [0.717, 1.165) is 0 Å². The normalized spacial score (nSPS) is 14.7. The van der Waals surface area contributed by atoms with E-state index in [0.29, 0.717) is 13.1 Å². The lowest BCUT2D eigenvalue weighted by atomic mass is 10.4. The fraction of sp³-hybridized carbons (Fsp3) is 0.714. The van der Waals surface area contributed by atoms with Crippen molar-refractivity contribution in [2.24, 2.45) is 0 Å². The Morgan fingerprint density at radius 2 is 2.17 bits per heavy atom. The zero-order valence-corrected chi connectivity index (χ0v) is 8.21. The van der Waals surface area contributed by atoms with Crippen LogP contribution in [-0.2, 0) is 10.1 Å². The van der Waals surface area contributed by atoms with Crippen LogP contribution in [0.3, 0.4) is 0 Å². The van der Waals surface area contributed by atoms with E-state index in [1.807, 2.05) is 0 Å². The molecule has 0 rings (SSSR count). The van der Waals surface area contributed by atoms with E-state index in [1.165, 1.54) is 6.92 Å². The van der Waals surface area contributed by atoms with Crippen molar-refractivity contribution in [2.75, 3.05) is 20.1 Å². The second-order valence-corrected chi connectivity index (χ2v) is 4.67. The highest BCUT2D eigenvalue weighted by molar-refractivity contribution is 7.86. The van der Waals surface area contributed by atoms with Gasteiger partial charge in [0.2, 0.25) is 0 Å². The molecule has 0 aromatic heterocycles. The summed E-state index contributed by atoms with van der Waals surface area (Å²) in [6, 6.07) is 0. The van der Waals surface area contributed by atoms with Gasteiger partial charge >= 0.3 is 0 Å². The summed E-state index contributed by atoms with van der Waals surface area (Å²) in [5, 5.41) is -0.748. The van der Waals surface area contributed by atoms with Crippen LogP contribution in [0.15, 0.2) is 12.7 Å². The van der Waals surface area contributed by atoms with Crippen molar-refractivity contribution in [1.29, 1.82) is 0 Å². The van der Waals surface area contributed by atoms with Gasteiger partial charge in [-0.25, -0.2) is 0 Å². The lowest BCUT2D eigenvalue weighted by Gasteiger charge is -2.17. The van der Waals surface area contributed by atoms with E-state index < -0.39 is 15.4 Å². The first-order valence-corrected chi connectivity index (χ1v) is 5.14. The third kappa shape index (κ3) is 4.48. The summed E-state index contributed by atoms with van der Waals surface area (Å²) < 4.78 is 29.8. The van der Waals surface area contributed by atoms with Crippen LogP contribution >= 0.6 is 0 Å². The van der Waals surface area contributed by atoms with Crippen molar-refractivity contribution >= 4 is 10.1 Å². The van der Waals surface area contributed by atoms with Crippen molar-refractivity contribution in [3.8, 4) is 0 Å². The largest absolute Gasteiger partial charge is 0.301 e. The topological polar surface area (TPSA) is 57.6 Å². The molecule has 0 spiro atoms. The number of hydrogen-bond acceptors (Lipinski definition) is 3. The fourth-order valence-corrected chi connectivity index (χ4v) is 1.27. The summed E-state index contributed by atoms with van der Waals surface area (Å²) in [4.78, 5) is 1.77. The molecule has 0 aromatic rings. The van der Waals surface area contributed by atoms with Crippen molar-refractivity contribution in [3.05, 3.63) is 12.7 Å². The highest BCUT2D eigenvalue weighted by Crippen LogP contribution is 1.99. The van der Waals surface area contributed by atoms with Gasteiger partial charge in [0.15, 0.2) is 0 Å². The predicted molar refractivity (Wildman–Crippen MR) is 48.7 cm³/mol. The number of likely N-dealkylation sites (N-methyl/N-ethyl adjacent to an activating group) is 1. The van der Waals surface area contributed by atoms with Gasteiger partial charge in [-0.3, -0.25) is 4.55 Å². The Morgan fingerprint density at radius 3 is 2.50 bits per heavy atom. The first-order valence-electron chi connectivity index (χ1n) is 3.63. The minimum absolute atomic E-state index is 0.310. The minimum Gasteiger partial charge on any atom is -0.301 e. The molecule has 12 heavy (non-hydrogen) atoms. The Labute approximate surface area is 73.6 Å². The van der Waals surface area contributed by atoms with Crippen molar-refractivity contribution in [1.82, 2.24) is 4.90 Å². The summed E-state index contributed by atoms with van der Waals surface area (Å²) in [6.45, 7) is 5.91. The van der Waals surface area contributed by atoms with Crippen LogP contribution in [0, 0.1) is 0 Å². The SMILES string of the molecule is C=CCN(C)CC(C)S(=O)(=O)O. The van der Waals surface area contributed by atoms with E-state index in [9.17, 15) is 8.42 Å². The standard InChI is InChI=1S/C7H15NO3S/c1-4-5-8(3)6-7(2)12(9,10)11/h4,7H,1,5-6H2,2-3H3,(H,9,10,11). The second kappa shape index (κ2) is 4.59. The summed E-state index contributed by atoms with van der Waals surface area (Å²) >= 11 is 0. The molecule has 1 N–H and O–H groups in total. The molecule has 72 valence electrons. The average molecular weight is 193 g/mol. The molecule has 0 amide bonds. The summed E-state index contributed by atoms with van der Waals surface area (Å²) in [6.07, 6.45) is 1.68. The van der Waals surface area contributed by atoms with Crippen LogP contribution in [0.2, 0.25) is 0 Å². The molecule has 1 unspecified atom stereocenters. The molecule has 0 radical (unpaired) electrons. The smallest absolute Gasteiger partial charge is 0.268 e. The van der Waals surface area contributed by atoms with E-state index >= 15 is 0 Å². The molecule has 0 fully saturated rings. The molecular weight excluding hydrogens is 178 g/mol. The van der Waals surface area contributed by atoms with Crippen molar-refractivity contribution in [3.63, 3.8) is 0 Å². The lowest BCUT2D eigenvalue weighted by Crippen LogP contribution is -2.32. The predicted octanol–water partition coefficient (Wildman–Crippen LogP) is 0.381. The Bertz CT molecular complexity index is 235. The van der Waals surface area contributed by atoms with Gasteiger partial charge in [0.05, 0.1) is 5.25 Å². The first-order chi connectivity index (χ1) is 5.38. The van der Waals surface area contributed by atoms with Gasteiger partial charge in [-0.15, -0.1) is 6.58 Å². The molecular formula is C7H15NO3S. The molecule has 0 saturated heterocycles. The molecule has 0 aliphatic heterocycles. The molecule has 0 aromatic carbocycles. The van der Waals surface area contributed by atoms with E-state index in [1.54, 1.807) is 18.0 Å². The van der Waals surface area contributed by atoms with E-state index in [2.05, 4.69) is 6.58 Å². The highest BCUT2D eigenvalue weighted by Gasteiger charge is 2.18. The molecule has 4 nitrogen and oxygen atoms in total.